The Morgan fingerprint density at radius 1 is 1.41 bits per heavy atom. The second-order valence-electron chi connectivity index (χ2n) is 4.70. The lowest BCUT2D eigenvalue weighted by Crippen LogP contribution is -2.13. The van der Waals surface area contributed by atoms with Gasteiger partial charge in [0.25, 0.3) is 0 Å². The first kappa shape index (κ1) is 11.7. The number of aliphatic carboxylic acids is 1. The normalized spacial score (nSPS) is 12.9. The summed E-state index contributed by atoms with van der Waals surface area (Å²) in [5, 5.41) is 10.1. The van der Waals surface area contributed by atoms with Gasteiger partial charge in [0.05, 0.1) is 5.92 Å². The van der Waals surface area contributed by atoms with Gasteiger partial charge in [-0.1, -0.05) is 18.6 Å². The minimum absolute atomic E-state index is 0.348. The van der Waals surface area contributed by atoms with Crippen LogP contribution in [0.3, 0.4) is 0 Å². The summed E-state index contributed by atoms with van der Waals surface area (Å²) >= 11 is 0. The first-order chi connectivity index (χ1) is 7.99. The van der Waals surface area contributed by atoms with Crippen molar-refractivity contribution < 1.29 is 9.90 Å². The number of carbonyl (C=O) groups is 1. The number of benzene rings is 1. The molecule has 0 aliphatic heterocycles. The van der Waals surface area contributed by atoms with E-state index in [-0.39, 0.29) is 5.92 Å². The summed E-state index contributed by atoms with van der Waals surface area (Å²) in [6, 6.07) is 8.37. The molecule has 0 saturated carbocycles. The zero-order chi connectivity index (χ0) is 12.6. The number of aryl methyl sites for hydroxylation is 2. The molecular formula is C14H17NO2. The number of carboxylic acids is 1. The molecule has 3 nitrogen and oxygen atoms in total. The van der Waals surface area contributed by atoms with Gasteiger partial charge in [0.15, 0.2) is 0 Å². The van der Waals surface area contributed by atoms with Crippen LogP contribution in [0.15, 0.2) is 24.3 Å². The molecule has 0 aliphatic carbocycles. The molecule has 2 rings (SSSR count). The highest BCUT2D eigenvalue weighted by Crippen LogP contribution is 2.22. The van der Waals surface area contributed by atoms with E-state index in [0.717, 1.165) is 11.2 Å². The van der Waals surface area contributed by atoms with Gasteiger partial charge in [-0.15, -0.1) is 0 Å². The van der Waals surface area contributed by atoms with Crippen LogP contribution < -0.4 is 0 Å². The standard InChI is InChI=1S/C14H17NO2/c1-9-4-5-13-11(6-9)8-12(15(13)3)7-10(2)14(16)17/h4-6,8,10H,7H2,1-3H3,(H,16,17). The maximum atomic E-state index is 10.9. The number of rotatable bonds is 3. The minimum atomic E-state index is -0.744. The average molecular weight is 231 g/mol. The fourth-order valence-corrected chi connectivity index (χ4v) is 2.12. The summed E-state index contributed by atoms with van der Waals surface area (Å²) in [5.41, 5.74) is 3.45. The first-order valence-corrected chi connectivity index (χ1v) is 5.77. The molecule has 3 heteroatoms. The van der Waals surface area contributed by atoms with Crippen molar-refractivity contribution in [2.75, 3.05) is 0 Å². The van der Waals surface area contributed by atoms with E-state index in [2.05, 4.69) is 35.8 Å². The fraction of sp³-hybridized carbons (Fsp3) is 0.357. The average Bonchev–Trinajstić information content (AvgIpc) is 2.55. The number of fused-ring (bicyclic) bond motifs is 1. The Morgan fingerprint density at radius 2 is 2.12 bits per heavy atom. The summed E-state index contributed by atoms with van der Waals surface area (Å²) < 4.78 is 2.08. The zero-order valence-corrected chi connectivity index (χ0v) is 10.4. The topological polar surface area (TPSA) is 42.2 Å². The van der Waals surface area contributed by atoms with Gasteiger partial charge in [0.2, 0.25) is 0 Å². The molecule has 0 spiro atoms. The van der Waals surface area contributed by atoms with E-state index >= 15 is 0 Å². The van der Waals surface area contributed by atoms with Crippen LogP contribution >= 0.6 is 0 Å². The van der Waals surface area contributed by atoms with Crippen molar-refractivity contribution in [3.05, 3.63) is 35.5 Å². The Labute approximate surface area is 101 Å². The summed E-state index contributed by atoms with van der Waals surface area (Å²) in [6.45, 7) is 3.80. The SMILES string of the molecule is Cc1ccc2c(c1)cc(CC(C)C(=O)O)n2C. The zero-order valence-electron chi connectivity index (χ0n) is 10.4. The van der Waals surface area contributed by atoms with Crippen LogP contribution in [0, 0.1) is 12.8 Å². The lowest BCUT2D eigenvalue weighted by Gasteiger charge is -2.07. The molecule has 0 saturated heterocycles. The lowest BCUT2D eigenvalue weighted by molar-refractivity contribution is -0.141. The first-order valence-electron chi connectivity index (χ1n) is 5.77. The number of nitrogens with zero attached hydrogens (tertiary/aromatic N) is 1. The quantitative estimate of drug-likeness (QED) is 0.882. The predicted molar refractivity (Wildman–Crippen MR) is 68.2 cm³/mol. The molecule has 1 atom stereocenters. The van der Waals surface area contributed by atoms with Crippen LogP contribution in [0.1, 0.15) is 18.2 Å². The molecule has 0 radical (unpaired) electrons. The van der Waals surface area contributed by atoms with E-state index in [0.29, 0.717) is 6.42 Å². The molecule has 90 valence electrons. The van der Waals surface area contributed by atoms with E-state index in [1.54, 1.807) is 6.92 Å². The molecule has 2 aromatic rings. The molecule has 0 amide bonds. The second kappa shape index (κ2) is 4.24. The molecule has 1 aromatic carbocycles. The fourth-order valence-electron chi connectivity index (χ4n) is 2.12. The number of aromatic nitrogens is 1. The van der Waals surface area contributed by atoms with E-state index < -0.39 is 5.97 Å². The van der Waals surface area contributed by atoms with Crippen LogP contribution in [0.5, 0.6) is 0 Å². The van der Waals surface area contributed by atoms with Crippen molar-refractivity contribution in [3.63, 3.8) is 0 Å². The molecule has 1 unspecified atom stereocenters. The Hall–Kier alpha value is -1.77. The van der Waals surface area contributed by atoms with Crippen molar-refractivity contribution >= 4 is 16.9 Å². The van der Waals surface area contributed by atoms with Gasteiger partial charge in [-0.2, -0.15) is 0 Å². The van der Waals surface area contributed by atoms with Crippen molar-refractivity contribution in [1.29, 1.82) is 0 Å². The molecule has 0 fully saturated rings. The van der Waals surface area contributed by atoms with Gasteiger partial charge in [-0.05, 0) is 25.1 Å². The second-order valence-corrected chi connectivity index (χ2v) is 4.70. The van der Waals surface area contributed by atoms with E-state index in [9.17, 15) is 4.79 Å². The van der Waals surface area contributed by atoms with E-state index in [1.165, 1.54) is 10.9 Å². The highest BCUT2D eigenvalue weighted by atomic mass is 16.4. The van der Waals surface area contributed by atoms with Gasteiger partial charge in [-0.25, -0.2) is 0 Å². The van der Waals surface area contributed by atoms with Crippen molar-refractivity contribution in [3.8, 4) is 0 Å². The third kappa shape index (κ3) is 2.18. The summed E-state index contributed by atoms with van der Waals surface area (Å²) in [7, 11) is 1.99. The van der Waals surface area contributed by atoms with Gasteiger partial charge < -0.3 is 9.67 Å². The highest BCUT2D eigenvalue weighted by Gasteiger charge is 2.14. The lowest BCUT2D eigenvalue weighted by atomic mass is 10.1. The summed E-state index contributed by atoms with van der Waals surface area (Å²) in [4.78, 5) is 10.9. The minimum Gasteiger partial charge on any atom is -0.481 e. The van der Waals surface area contributed by atoms with E-state index in [4.69, 9.17) is 5.11 Å². The molecule has 0 bridgehead atoms. The maximum absolute atomic E-state index is 10.9. The molecule has 1 N–H and O–H groups in total. The number of hydrogen-bond acceptors (Lipinski definition) is 1. The highest BCUT2D eigenvalue weighted by molar-refractivity contribution is 5.82. The Balaban J connectivity index is 2.42. The Morgan fingerprint density at radius 3 is 2.76 bits per heavy atom. The molecule has 0 aliphatic rings. The van der Waals surface area contributed by atoms with Gasteiger partial charge in [-0.3, -0.25) is 4.79 Å². The van der Waals surface area contributed by atoms with Crippen molar-refractivity contribution in [1.82, 2.24) is 4.57 Å². The van der Waals surface area contributed by atoms with Crippen molar-refractivity contribution in [2.45, 2.75) is 20.3 Å². The maximum Gasteiger partial charge on any atom is 0.306 e. The molecule has 1 aromatic heterocycles. The van der Waals surface area contributed by atoms with Crippen LogP contribution in [0.2, 0.25) is 0 Å². The molecule has 1 heterocycles. The Bertz CT molecular complexity index is 569. The van der Waals surface area contributed by atoms with Gasteiger partial charge in [0, 0.05) is 30.1 Å². The molecule has 17 heavy (non-hydrogen) atoms. The predicted octanol–water partition coefficient (Wildman–Crippen LogP) is 2.75. The Kier molecular flexibility index (Phi) is 2.92. The monoisotopic (exact) mass is 231 g/mol. The third-order valence-electron chi connectivity index (χ3n) is 3.23. The summed E-state index contributed by atoms with van der Waals surface area (Å²) in [5.74, 6) is -1.09. The third-order valence-corrected chi connectivity index (χ3v) is 3.23. The smallest absolute Gasteiger partial charge is 0.306 e. The van der Waals surface area contributed by atoms with Crippen molar-refractivity contribution in [2.24, 2.45) is 13.0 Å². The molecular weight excluding hydrogens is 214 g/mol. The number of carboxylic acid groups (broad SMARTS) is 1. The van der Waals surface area contributed by atoms with Crippen LogP contribution in [-0.4, -0.2) is 15.6 Å². The van der Waals surface area contributed by atoms with Gasteiger partial charge in [0.1, 0.15) is 0 Å². The number of hydrogen-bond donors (Lipinski definition) is 1. The largest absolute Gasteiger partial charge is 0.481 e. The van der Waals surface area contributed by atoms with Gasteiger partial charge >= 0.3 is 5.97 Å². The van der Waals surface area contributed by atoms with Crippen LogP contribution in [0.25, 0.3) is 10.9 Å². The van der Waals surface area contributed by atoms with Crippen LogP contribution in [0.4, 0.5) is 0 Å². The summed E-state index contributed by atoms with van der Waals surface area (Å²) in [6.07, 6.45) is 0.569. The van der Waals surface area contributed by atoms with E-state index in [1.807, 2.05) is 7.05 Å². The van der Waals surface area contributed by atoms with Crippen LogP contribution in [-0.2, 0) is 18.3 Å².